The zero-order chi connectivity index (χ0) is 18.4. The van der Waals surface area contributed by atoms with Gasteiger partial charge in [0.05, 0.1) is 5.75 Å². The summed E-state index contributed by atoms with van der Waals surface area (Å²) >= 11 is 1.41. The number of amides is 1. The highest BCUT2D eigenvalue weighted by Crippen LogP contribution is 2.20. The number of hydrogen-bond donors (Lipinski definition) is 0. The van der Waals surface area contributed by atoms with Crippen LogP contribution in [0.2, 0.25) is 0 Å². The molecule has 0 unspecified atom stereocenters. The van der Waals surface area contributed by atoms with Gasteiger partial charge in [-0.15, -0.1) is 10.2 Å². The van der Waals surface area contributed by atoms with Crippen LogP contribution in [0.4, 0.5) is 0 Å². The molecule has 0 N–H and O–H groups in total. The minimum absolute atomic E-state index is 0.0939. The maximum atomic E-state index is 12.8. The highest BCUT2D eigenvalue weighted by Gasteiger charge is 2.19. The average molecular weight is 366 g/mol. The molecule has 1 aromatic heterocycles. The molecule has 0 aliphatic rings. The number of para-hydroxylation sites is 1. The predicted octanol–water partition coefficient (Wildman–Crippen LogP) is 3.80. The fourth-order valence-corrected chi connectivity index (χ4v) is 3.45. The SMILES string of the molecule is CC(C)N(Cc1ccccc1)C(=O)CSc1nncn1-c1ccccc1. The molecule has 0 bridgehead atoms. The smallest absolute Gasteiger partial charge is 0.233 e. The van der Waals surface area contributed by atoms with E-state index in [2.05, 4.69) is 10.2 Å². The van der Waals surface area contributed by atoms with E-state index in [0.29, 0.717) is 17.5 Å². The molecular formula is C20H22N4OS. The highest BCUT2D eigenvalue weighted by atomic mass is 32.2. The third-order valence-electron chi connectivity index (χ3n) is 4.02. The lowest BCUT2D eigenvalue weighted by atomic mass is 10.2. The lowest BCUT2D eigenvalue weighted by Gasteiger charge is -2.26. The van der Waals surface area contributed by atoms with E-state index in [1.54, 1.807) is 6.33 Å². The summed E-state index contributed by atoms with van der Waals surface area (Å²) in [5.41, 5.74) is 2.12. The number of aromatic nitrogens is 3. The molecule has 3 aromatic rings. The minimum Gasteiger partial charge on any atom is -0.335 e. The number of carbonyl (C=O) groups excluding carboxylic acids is 1. The molecule has 0 saturated heterocycles. The monoisotopic (exact) mass is 366 g/mol. The Labute approximate surface area is 158 Å². The average Bonchev–Trinajstić information content (AvgIpc) is 3.14. The summed E-state index contributed by atoms with van der Waals surface area (Å²) in [5, 5.41) is 8.86. The van der Waals surface area contributed by atoms with Gasteiger partial charge in [-0.25, -0.2) is 0 Å². The molecule has 0 spiro atoms. The van der Waals surface area contributed by atoms with Crippen LogP contribution >= 0.6 is 11.8 Å². The maximum absolute atomic E-state index is 12.8. The van der Waals surface area contributed by atoms with Crippen LogP contribution in [0, 0.1) is 0 Å². The minimum atomic E-state index is 0.0939. The van der Waals surface area contributed by atoms with Crippen molar-refractivity contribution < 1.29 is 4.79 Å². The van der Waals surface area contributed by atoms with Crippen LogP contribution in [0.3, 0.4) is 0 Å². The van der Waals surface area contributed by atoms with Gasteiger partial charge in [0.1, 0.15) is 6.33 Å². The van der Waals surface area contributed by atoms with Gasteiger partial charge in [0.15, 0.2) is 5.16 Å². The predicted molar refractivity (Wildman–Crippen MR) is 104 cm³/mol. The van der Waals surface area contributed by atoms with Crippen LogP contribution in [-0.4, -0.2) is 37.4 Å². The van der Waals surface area contributed by atoms with Crippen molar-refractivity contribution in [3.63, 3.8) is 0 Å². The molecule has 5 nitrogen and oxygen atoms in total. The summed E-state index contributed by atoms with van der Waals surface area (Å²) in [4.78, 5) is 14.7. The van der Waals surface area contributed by atoms with E-state index in [1.807, 2.05) is 84.0 Å². The highest BCUT2D eigenvalue weighted by molar-refractivity contribution is 7.99. The molecule has 0 atom stereocenters. The second kappa shape index (κ2) is 8.67. The maximum Gasteiger partial charge on any atom is 0.233 e. The number of benzene rings is 2. The van der Waals surface area contributed by atoms with Gasteiger partial charge in [0.25, 0.3) is 0 Å². The van der Waals surface area contributed by atoms with Crippen molar-refractivity contribution in [2.75, 3.05) is 5.75 Å². The fraction of sp³-hybridized carbons (Fsp3) is 0.250. The Bertz CT molecular complexity index is 833. The number of rotatable bonds is 7. The van der Waals surface area contributed by atoms with Crippen LogP contribution in [0.15, 0.2) is 72.1 Å². The van der Waals surface area contributed by atoms with Crippen molar-refractivity contribution in [3.05, 3.63) is 72.6 Å². The van der Waals surface area contributed by atoms with Gasteiger partial charge < -0.3 is 4.90 Å². The van der Waals surface area contributed by atoms with Crippen LogP contribution in [0.1, 0.15) is 19.4 Å². The Hall–Kier alpha value is -2.60. The van der Waals surface area contributed by atoms with Crippen molar-refractivity contribution in [2.45, 2.75) is 31.6 Å². The van der Waals surface area contributed by atoms with E-state index in [-0.39, 0.29) is 11.9 Å². The van der Waals surface area contributed by atoms with Crippen LogP contribution in [0.25, 0.3) is 5.69 Å². The van der Waals surface area contributed by atoms with Gasteiger partial charge in [0, 0.05) is 18.3 Å². The van der Waals surface area contributed by atoms with Crippen LogP contribution in [-0.2, 0) is 11.3 Å². The third kappa shape index (κ3) is 4.52. The van der Waals surface area contributed by atoms with Crippen molar-refractivity contribution >= 4 is 17.7 Å². The summed E-state index contributed by atoms with van der Waals surface area (Å²) in [6.07, 6.45) is 1.67. The Kier molecular flexibility index (Phi) is 6.07. The lowest BCUT2D eigenvalue weighted by Crippen LogP contribution is -2.37. The molecule has 0 radical (unpaired) electrons. The molecule has 2 aromatic carbocycles. The van der Waals surface area contributed by atoms with E-state index >= 15 is 0 Å². The largest absolute Gasteiger partial charge is 0.335 e. The first-order valence-corrected chi connectivity index (χ1v) is 9.55. The summed E-state index contributed by atoms with van der Waals surface area (Å²) in [7, 11) is 0. The van der Waals surface area contributed by atoms with Gasteiger partial charge in [-0.05, 0) is 31.5 Å². The molecular weight excluding hydrogens is 344 g/mol. The standard InChI is InChI=1S/C20H22N4OS/c1-16(2)23(13-17-9-5-3-6-10-17)19(25)14-26-20-22-21-15-24(20)18-11-7-4-8-12-18/h3-12,15-16H,13-14H2,1-2H3. The normalized spacial score (nSPS) is 10.9. The molecule has 0 aliphatic heterocycles. The lowest BCUT2D eigenvalue weighted by molar-refractivity contribution is -0.130. The molecule has 6 heteroatoms. The Morgan fingerprint density at radius 3 is 2.38 bits per heavy atom. The molecule has 0 fully saturated rings. The summed E-state index contributed by atoms with van der Waals surface area (Å²) in [6.45, 7) is 4.69. The molecule has 3 rings (SSSR count). The second-order valence-electron chi connectivity index (χ2n) is 6.21. The molecule has 0 aliphatic carbocycles. The van der Waals surface area contributed by atoms with E-state index in [4.69, 9.17) is 0 Å². The van der Waals surface area contributed by atoms with Crippen molar-refractivity contribution in [1.29, 1.82) is 0 Å². The van der Waals surface area contributed by atoms with Gasteiger partial charge in [-0.2, -0.15) is 0 Å². The summed E-state index contributed by atoms with van der Waals surface area (Å²) < 4.78 is 1.90. The van der Waals surface area contributed by atoms with E-state index in [1.165, 1.54) is 11.8 Å². The quantitative estimate of drug-likeness (QED) is 0.597. The zero-order valence-electron chi connectivity index (χ0n) is 14.9. The van der Waals surface area contributed by atoms with Gasteiger partial charge >= 0.3 is 0 Å². The van der Waals surface area contributed by atoms with Crippen molar-refractivity contribution in [3.8, 4) is 5.69 Å². The summed E-state index contributed by atoms with van der Waals surface area (Å²) in [6, 6.07) is 20.1. The Morgan fingerprint density at radius 1 is 1.08 bits per heavy atom. The number of thioether (sulfide) groups is 1. The Morgan fingerprint density at radius 2 is 1.73 bits per heavy atom. The first-order valence-electron chi connectivity index (χ1n) is 8.57. The second-order valence-corrected chi connectivity index (χ2v) is 7.15. The number of hydrogen-bond acceptors (Lipinski definition) is 4. The van der Waals surface area contributed by atoms with Gasteiger partial charge in [0.2, 0.25) is 5.91 Å². The first kappa shape index (κ1) is 18.2. The molecule has 26 heavy (non-hydrogen) atoms. The van der Waals surface area contributed by atoms with E-state index < -0.39 is 0 Å². The zero-order valence-corrected chi connectivity index (χ0v) is 15.8. The van der Waals surface area contributed by atoms with Gasteiger partial charge in [-0.3, -0.25) is 9.36 Å². The Balaban J connectivity index is 1.67. The van der Waals surface area contributed by atoms with E-state index in [0.717, 1.165) is 11.3 Å². The van der Waals surface area contributed by atoms with Gasteiger partial charge in [-0.1, -0.05) is 60.3 Å². The molecule has 1 heterocycles. The van der Waals surface area contributed by atoms with E-state index in [9.17, 15) is 4.79 Å². The van der Waals surface area contributed by atoms with Crippen molar-refractivity contribution in [2.24, 2.45) is 0 Å². The first-order chi connectivity index (χ1) is 12.6. The number of nitrogens with zero attached hydrogens (tertiary/aromatic N) is 4. The molecule has 134 valence electrons. The summed E-state index contributed by atoms with van der Waals surface area (Å²) in [5.74, 6) is 0.424. The molecule has 1 amide bonds. The van der Waals surface area contributed by atoms with Crippen LogP contribution < -0.4 is 0 Å². The molecule has 0 saturated carbocycles. The third-order valence-corrected chi connectivity index (χ3v) is 4.94. The van der Waals surface area contributed by atoms with Crippen molar-refractivity contribution in [1.82, 2.24) is 19.7 Å². The van der Waals surface area contributed by atoms with Crippen LogP contribution in [0.5, 0.6) is 0 Å². The fourth-order valence-electron chi connectivity index (χ4n) is 2.64. The number of carbonyl (C=O) groups is 1. The topological polar surface area (TPSA) is 51.0 Å².